The Morgan fingerprint density at radius 2 is 1.88 bits per heavy atom. The van der Waals surface area contributed by atoms with E-state index in [1.165, 1.54) is 25.7 Å². The first-order chi connectivity index (χ1) is 7.65. The largest absolute Gasteiger partial charge is 0.480 e. The second-order valence-electron chi connectivity index (χ2n) is 5.59. The van der Waals surface area contributed by atoms with Crippen LogP contribution in [0.25, 0.3) is 0 Å². The number of carbonyl (C=O) groups is 1. The molecular weight excluding hydrogens is 202 g/mol. The summed E-state index contributed by atoms with van der Waals surface area (Å²) in [4.78, 5) is 13.9. The molecule has 2 atom stereocenters. The van der Waals surface area contributed by atoms with Gasteiger partial charge in [0.25, 0.3) is 0 Å². The SMILES string of the molecule is CC1CCC(C(=O)O)(N2CCCCCC2)C1. The molecule has 2 fully saturated rings. The van der Waals surface area contributed by atoms with E-state index >= 15 is 0 Å². The van der Waals surface area contributed by atoms with E-state index in [0.29, 0.717) is 5.92 Å². The molecule has 3 nitrogen and oxygen atoms in total. The second-order valence-corrected chi connectivity index (χ2v) is 5.59. The molecule has 0 amide bonds. The number of aliphatic carboxylic acids is 1. The Hall–Kier alpha value is -0.570. The van der Waals surface area contributed by atoms with Crippen molar-refractivity contribution >= 4 is 5.97 Å². The molecule has 0 aromatic heterocycles. The van der Waals surface area contributed by atoms with Gasteiger partial charge in [0.15, 0.2) is 0 Å². The lowest BCUT2D eigenvalue weighted by atomic mass is 9.93. The van der Waals surface area contributed by atoms with Crippen LogP contribution >= 0.6 is 0 Å². The van der Waals surface area contributed by atoms with E-state index in [-0.39, 0.29) is 0 Å². The molecule has 0 spiro atoms. The molecule has 3 heteroatoms. The fourth-order valence-corrected chi connectivity index (χ4v) is 3.38. The van der Waals surface area contributed by atoms with Gasteiger partial charge < -0.3 is 5.11 Å². The molecule has 1 aliphatic heterocycles. The maximum absolute atomic E-state index is 11.6. The molecule has 0 aromatic rings. The molecule has 0 aromatic carbocycles. The van der Waals surface area contributed by atoms with Gasteiger partial charge in [-0.15, -0.1) is 0 Å². The Bertz CT molecular complexity index is 259. The molecule has 2 unspecified atom stereocenters. The van der Waals surface area contributed by atoms with Gasteiger partial charge in [-0.25, -0.2) is 0 Å². The van der Waals surface area contributed by atoms with E-state index in [1.54, 1.807) is 0 Å². The van der Waals surface area contributed by atoms with E-state index in [0.717, 1.165) is 32.4 Å². The number of carboxylic acids is 1. The quantitative estimate of drug-likeness (QED) is 0.785. The number of hydrogen-bond donors (Lipinski definition) is 1. The Kier molecular flexibility index (Phi) is 3.53. The minimum Gasteiger partial charge on any atom is -0.480 e. The van der Waals surface area contributed by atoms with Gasteiger partial charge in [0.1, 0.15) is 5.54 Å². The number of likely N-dealkylation sites (tertiary alicyclic amines) is 1. The van der Waals surface area contributed by atoms with Gasteiger partial charge in [-0.3, -0.25) is 9.69 Å². The van der Waals surface area contributed by atoms with Gasteiger partial charge >= 0.3 is 5.97 Å². The fourth-order valence-electron chi connectivity index (χ4n) is 3.38. The summed E-state index contributed by atoms with van der Waals surface area (Å²) in [7, 11) is 0. The van der Waals surface area contributed by atoms with Crippen molar-refractivity contribution in [1.29, 1.82) is 0 Å². The zero-order valence-electron chi connectivity index (χ0n) is 10.2. The van der Waals surface area contributed by atoms with Crippen LogP contribution in [-0.4, -0.2) is 34.6 Å². The Morgan fingerprint density at radius 1 is 1.25 bits per heavy atom. The first kappa shape index (κ1) is 11.9. The molecule has 2 rings (SSSR count). The molecule has 92 valence electrons. The number of hydrogen-bond acceptors (Lipinski definition) is 2. The second kappa shape index (κ2) is 4.74. The van der Waals surface area contributed by atoms with Crippen LogP contribution in [0.3, 0.4) is 0 Å². The summed E-state index contributed by atoms with van der Waals surface area (Å²) in [6.07, 6.45) is 7.64. The van der Waals surface area contributed by atoms with Gasteiger partial charge in [0.05, 0.1) is 0 Å². The summed E-state index contributed by atoms with van der Waals surface area (Å²) >= 11 is 0. The average Bonchev–Trinajstić information content (AvgIpc) is 2.51. The van der Waals surface area contributed by atoms with Crippen molar-refractivity contribution in [2.24, 2.45) is 5.92 Å². The van der Waals surface area contributed by atoms with E-state index < -0.39 is 11.5 Å². The third kappa shape index (κ3) is 2.10. The standard InChI is InChI=1S/C13H23NO2/c1-11-6-7-13(10-11,12(15)16)14-8-4-2-3-5-9-14/h11H,2-10H2,1H3,(H,15,16). The molecule has 1 N–H and O–H groups in total. The van der Waals surface area contributed by atoms with Crippen LogP contribution in [0.1, 0.15) is 51.9 Å². The summed E-state index contributed by atoms with van der Waals surface area (Å²) in [5.74, 6) is -0.0156. The Morgan fingerprint density at radius 3 is 2.31 bits per heavy atom. The predicted octanol–water partition coefficient (Wildman–Crippen LogP) is 2.51. The van der Waals surface area contributed by atoms with Crippen molar-refractivity contribution in [2.45, 2.75) is 57.4 Å². The van der Waals surface area contributed by atoms with Crippen LogP contribution < -0.4 is 0 Å². The van der Waals surface area contributed by atoms with E-state index in [9.17, 15) is 9.90 Å². The average molecular weight is 225 g/mol. The highest BCUT2D eigenvalue weighted by Crippen LogP contribution is 2.40. The maximum Gasteiger partial charge on any atom is 0.324 e. The summed E-state index contributed by atoms with van der Waals surface area (Å²) in [6.45, 7) is 4.15. The van der Waals surface area contributed by atoms with Gasteiger partial charge in [0.2, 0.25) is 0 Å². The highest BCUT2D eigenvalue weighted by Gasteiger charge is 2.48. The normalized spacial score (nSPS) is 37.2. The Labute approximate surface area is 97.8 Å². The monoisotopic (exact) mass is 225 g/mol. The lowest BCUT2D eigenvalue weighted by molar-refractivity contribution is -0.151. The molecule has 0 bridgehead atoms. The van der Waals surface area contributed by atoms with Gasteiger partial charge in [-0.05, 0) is 51.1 Å². The summed E-state index contributed by atoms with van der Waals surface area (Å²) < 4.78 is 0. The van der Waals surface area contributed by atoms with Crippen LogP contribution in [0.5, 0.6) is 0 Å². The summed E-state index contributed by atoms with van der Waals surface area (Å²) in [6, 6.07) is 0. The first-order valence-corrected chi connectivity index (χ1v) is 6.63. The van der Waals surface area contributed by atoms with Crippen molar-refractivity contribution in [3.8, 4) is 0 Å². The third-order valence-corrected chi connectivity index (χ3v) is 4.35. The Balaban J connectivity index is 2.14. The van der Waals surface area contributed by atoms with Crippen LogP contribution in [0, 0.1) is 5.92 Å². The summed E-state index contributed by atoms with van der Waals surface area (Å²) in [5.41, 5.74) is -0.524. The molecule has 16 heavy (non-hydrogen) atoms. The van der Waals surface area contributed by atoms with E-state index in [2.05, 4.69) is 11.8 Å². The van der Waals surface area contributed by atoms with Crippen LogP contribution in [0.2, 0.25) is 0 Å². The van der Waals surface area contributed by atoms with Crippen molar-refractivity contribution in [3.63, 3.8) is 0 Å². The van der Waals surface area contributed by atoms with Crippen molar-refractivity contribution < 1.29 is 9.90 Å². The molecule has 1 heterocycles. The highest BCUT2D eigenvalue weighted by molar-refractivity contribution is 5.79. The topological polar surface area (TPSA) is 40.5 Å². The lowest BCUT2D eigenvalue weighted by Gasteiger charge is -2.37. The van der Waals surface area contributed by atoms with E-state index in [4.69, 9.17) is 0 Å². The van der Waals surface area contributed by atoms with Crippen LogP contribution in [-0.2, 0) is 4.79 Å². The molecule has 0 radical (unpaired) electrons. The first-order valence-electron chi connectivity index (χ1n) is 6.63. The van der Waals surface area contributed by atoms with Crippen LogP contribution in [0.15, 0.2) is 0 Å². The van der Waals surface area contributed by atoms with Gasteiger partial charge in [-0.2, -0.15) is 0 Å². The van der Waals surface area contributed by atoms with Gasteiger partial charge in [0, 0.05) is 0 Å². The van der Waals surface area contributed by atoms with Gasteiger partial charge in [-0.1, -0.05) is 19.8 Å². The highest BCUT2D eigenvalue weighted by atomic mass is 16.4. The van der Waals surface area contributed by atoms with Crippen molar-refractivity contribution in [1.82, 2.24) is 4.90 Å². The zero-order chi connectivity index (χ0) is 11.6. The van der Waals surface area contributed by atoms with Crippen molar-refractivity contribution in [3.05, 3.63) is 0 Å². The molecule has 2 aliphatic rings. The zero-order valence-corrected chi connectivity index (χ0v) is 10.2. The summed E-state index contributed by atoms with van der Waals surface area (Å²) in [5, 5.41) is 9.58. The predicted molar refractivity (Wildman–Crippen MR) is 63.4 cm³/mol. The smallest absolute Gasteiger partial charge is 0.324 e. The third-order valence-electron chi connectivity index (χ3n) is 4.35. The minimum absolute atomic E-state index is 0.524. The molecular formula is C13H23NO2. The number of nitrogens with zero attached hydrogens (tertiary/aromatic N) is 1. The fraction of sp³-hybridized carbons (Fsp3) is 0.923. The van der Waals surface area contributed by atoms with Crippen molar-refractivity contribution in [2.75, 3.05) is 13.1 Å². The van der Waals surface area contributed by atoms with Crippen LogP contribution in [0.4, 0.5) is 0 Å². The molecule has 1 aliphatic carbocycles. The van der Waals surface area contributed by atoms with E-state index in [1.807, 2.05) is 0 Å². The minimum atomic E-state index is -0.584. The number of rotatable bonds is 2. The molecule has 1 saturated carbocycles. The lowest BCUT2D eigenvalue weighted by Crippen LogP contribution is -2.53. The molecule has 1 saturated heterocycles. The number of carboxylic acid groups (broad SMARTS) is 1. The maximum atomic E-state index is 11.6.